The van der Waals surface area contributed by atoms with Crippen molar-refractivity contribution in [1.82, 2.24) is 5.32 Å². The third kappa shape index (κ3) is 4.76. The van der Waals surface area contributed by atoms with Crippen LogP contribution in [0.5, 0.6) is 0 Å². The first-order chi connectivity index (χ1) is 9.59. The van der Waals surface area contributed by atoms with E-state index in [1.165, 1.54) is 57.8 Å². The van der Waals surface area contributed by atoms with Crippen molar-refractivity contribution in [2.45, 2.75) is 95.6 Å². The molecule has 3 N–H and O–H groups in total. The van der Waals surface area contributed by atoms with Gasteiger partial charge >= 0.3 is 0 Å². The van der Waals surface area contributed by atoms with Gasteiger partial charge in [-0.2, -0.15) is 0 Å². The molecule has 116 valence electrons. The van der Waals surface area contributed by atoms with Crippen LogP contribution in [0.15, 0.2) is 0 Å². The van der Waals surface area contributed by atoms with E-state index < -0.39 is 0 Å². The van der Waals surface area contributed by atoms with E-state index in [4.69, 9.17) is 5.73 Å². The van der Waals surface area contributed by atoms with E-state index in [-0.39, 0.29) is 11.4 Å². The van der Waals surface area contributed by atoms with Crippen molar-refractivity contribution < 1.29 is 4.79 Å². The molecule has 0 bridgehead atoms. The van der Waals surface area contributed by atoms with Gasteiger partial charge in [-0.25, -0.2) is 0 Å². The zero-order valence-corrected chi connectivity index (χ0v) is 13.1. The highest BCUT2D eigenvalue weighted by Crippen LogP contribution is 2.29. The molecule has 2 saturated carbocycles. The number of hydrogen-bond donors (Lipinski definition) is 2. The minimum atomic E-state index is -0.231. The first-order valence-electron chi connectivity index (χ1n) is 8.67. The molecule has 0 unspecified atom stereocenters. The van der Waals surface area contributed by atoms with E-state index in [0.717, 1.165) is 12.8 Å². The van der Waals surface area contributed by atoms with Crippen LogP contribution in [-0.4, -0.2) is 17.5 Å². The van der Waals surface area contributed by atoms with Crippen LogP contribution in [0.4, 0.5) is 0 Å². The van der Waals surface area contributed by atoms with Crippen molar-refractivity contribution in [2.75, 3.05) is 0 Å². The number of carbonyl (C=O) groups excluding carboxylic acids is 1. The first kappa shape index (κ1) is 15.8. The lowest BCUT2D eigenvalue weighted by Crippen LogP contribution is -2.48. The van der Waals surface area contributed by atoms with E-state index >= 15 is 0 Å². The lowest BCUT2D eigenvalue weighted by Gasteiger charge is -2.33. The molecule has 2 aliphatic carbocycles. The van der Waals surface area contributed by atoms with Gasteiger partial charge in [0.15, 0.2) is 0 Å². The average molecular weight is 280 g/mol. The van der Waals surface area contributed by atoms with Crippen molar-refractivity contribution in [3.63, 3.8) is 0 Å². The Balaban J connectivity index is 1.77. The summed E-state index contributed by atoms with van der Waals surface area (Å²) in [5.41, 5.74) is 6.15. The molecule has 2 fully saturated rings. The predicted molar refractivity (Wildman–Crippen MR) is 83.4 cm³/mol. The van der Waals surface area contributed by atoms with Crippen molar-refractivity contribution in [2.24, 2.45) is 11.7 Å². The fourth-order valence-corrected chi connectivity index (χ4v) is 3.99. The lowest BCUT2D eigenvalue weighted by atomic mass is 9.80. The van der Waals surface area contributed by atoms with Crippen LogP contribution < -0.4 is 11.1 Å². The molecular weight excluding hydrogens is 248 g/mol. The summed E-state index contributed by atoms with van der Waals surface area (Å²) < 4.78 is 0. The SMILES string of the molecule is C[C@@H](NC(=O)CC1(N)CCCCC1)C1CCCCCC1. The summed E-state index contributed by atoms with van der Waals surface area (Å²) in [6, 6.07) is 0.313. The zero-order valence-electron chi connectivity index (χ0n) is 13.1. The molecule has 3 nitrogen and oxygen atoms in total. The van der Waals surface area contributed by atoms with Crippen LogP contribution in [0.25, 0.3) is 0 Å². The molecule has 0 aromatic heterocycles. The van der Waals surface area contributed by atoms with Crippen LogP contribution in [0, 0.1) is 5.92 Å². The number of nitrogens with one attached hydrogen (secondary N) is 1. The maximum Gasteiger partial charge on any atom is 0.222 e. The molecule has 0 radical (unpaired) electrons. The van der Waals surface area contributed by atoms with E-state index in [2.05, 4.69) is 12.2 Å². The van der Waals surface area contributed by atoms with Crippen molar-refractivity contribution in [3.05, 3.63) is 0 Å². The Bertz CT molecular complexity index is 302. The molecule has 1 atom stereocenters. The molecule has 20 heavy (non-hydrogen) atoms. The molecule has 3 heteroatoms. The topological polar surface area (TPSA) is 55.1 Å². The third-order valence-corrected chi connectivity index (χ3v) is 5.36. The van der Waals surface area contributed by atoms with Crippen molar-refractivity contribution in [1.29, 1.82) is 0 Å². The maximum absolute atomic E-state index is 12.3. The van der Waals surface area contributed by atoms with Gasteiger partial charge < -0.3 is 11.1 Å². The van der Waals surface area contributed by atoms with Crippen LogP contribution >= 0.6 is 0 Å². The van der Waals surface area contributed by atoms with Gasteiger partial charge in [0.25, 0.3) is 0 Å². The van der Waals surface area contributed by atoms with Gasteiger partial charge in [-0.1, -0.05) is 44.9 Å². The predicted octanol–water partition coefficient (Wildman–Crippen LogP) is 3.51. The van der Waals surface area contributed by atoms with E-state index in [0.29, 0.717) is 18.4 Å². The average Bonchev–Trinajstić information content (AvgIpc) is 2.67. The van der Waals surface area contributed by atoms with Crippen LogP contribution in [0.3, 0.4) is 0 Å². The highest BCUT2D eigenvalue weighted by molar-refractivity contribution is 5.77. The second kappa shape index (κ2) is 7.44. The summed E-state index contributed by atoms with van der Waals surface area (Å²) in [5, 5.41) is 3.23. The third-order valence-electron chi connectivity index (χ3n) is 5.36. The van der Waals surface area contributed by atoms with Gasteiger partial charge in [-0.05, 0) is 38.5 Å². The largest absolute Gasteiger partial charge is 0.353 e. The smallest absolute Gasteiger partial charge is 0.222 e. The second-order valence-corrected chi connectivity index (χ2v) is 7.21. The molecule has 0 saturated heterocycles. The first-order valence-corrected chi connectivity index (χ1v) is 8.67. The van der Waals surface area contributed by atoms with Gasteiger partial charge in [-0.15, -0.1) is 0 Å². The molecule has 1 amide bonds. The summed E-state index contributed by atoms with van der Waals surface area (Å²) >= 11 is 0. The Labute approximate surface area is 124 Å². The van der Waals surface area contributed by atoms with E-state index in [1.807, 2.05) is 0 Å². The molecule has 0 aromatic rings. The summed E-state index contributed by atoms with van der Waals surface area (Å²) in [6.45, 7) is 2.18. The fourth-order valence-electron chi connectivity index (χ4n) is 3.99. The van der Waals surface area contributed by atoms with Gasteiger partial charge in [0.1, 0.15) is 0 Å². The van der Waals surface area contributed by atoms with E-state index in [1.54, 1.807) is 0 Å². The zero-order chi connectivity index (χ0) is 14.4. The molecule has 0 heterocycles. The van der Waals surface area contributed by atoms with Gasteiger partial charge in [-0.3, -0.25) is 4.79 Å². The Morgan fingerprint density at radius 1 is 1.10 bits per heavy atom. The monoisotopic (exact) mass is 280 g/mol. The molecule has 0 aromatic carbocycles. The molecular formula is C17H32N2O. The summed E-state index contributed by atoms with van der Waals surface area (Å²) in [7, 11) is 0. The van der Waals surface area contributed by atoms with E-state index in [9.17, 15) is 4.79 Å². The normalized spacial score (nSPS) is 25.7. The lowest BCUT2D eigenvalue weighted by molar-refractivity contribution is -0.123. The Hall–Kier alpha value is -0.570. The highest BCUT2D eigenvalue weighted by atomic mass is 16.1. The molecule has 2 rings (SSSR count). The Kier molecular flexibility index (Phi) is 5.88. The maximum atomic E-state index is 12.3. The Morgan fingerprint density at radius 2 is 1.65 bits per heavy atom. The number of amides is 1. The molecule has 0 spiro atoms. The summed E-state index contributed by atoms with van der Waals surface area (Å²) in [6.07, 6.45) is 14.1. The van der Waals surface area contributed by atoms with Gasteiger partial charge in [0.05, 0.1) is 0 Å². The van der Waals surface area contributed by atoms with Crippen LogP contribution in [0.2, 0.25) is 0 Å². The quantitative estimate of drug-likeness (QED) is 0.774. The van der Waals surface area contributed by atoms with Crippen molar-refractivity contribution in [3.8, 4) is 0 Å². The standard InChI is InChI=1S/C17H32N2O/c1-14(15-9-5-2-3-6-10-15)19-16(20)13-17(18)11-7-4-8-12-17/h14-15H,2-13,18H2,1H3,(H,19,20)/t14-/m1/s1. The van der Waals surface area contributed by atoms with Crippen molar-refractivity contribution >= 4 is 5.91 Å². The fraction of sp³-hybridized carbons (Fsp3) is 0.941. The van der Waals surface area contributed by atoms with Crippen LogP contribution in [0.1, 0.15) is 84.0 Å². The number of nitrogens with two attached hydrogens (primary N) is 1. The minimum Gasteiger partial charge on any atom is -0.353 e. The summed E-state index contributed by atoms with van der Waals surface area (Å²) in [4.78, 5) is 12.3. The van der Waals surface area contributed by atoms with Gasteiger partial charge in [0.2, 0.25) is 5.91 Å². The summed E-state index contributed by atoms with van der Waals surface area (Å²) in [5.74, 6) is 0.840. The Morgan fingerprint density at radius 3 is 2.25 bits per heavy atom. The van der Waals surface area contributed by atoms with Crippen LogP contribution in [-0.2, 0) is 4.79 Å². The number of rotatable bonds is 4. The highest BCUT2D eigenvalue weighted by Gasteiger charge is 2.31. The number of hydrogen-bond acceptors (Lipinski definition) is 2. The molecule has 2 aliphatic rings. The second-order valence-electron chi connectivity index (χ2n) is 7.21. The number of carbonyl (C=O) groups is 1. The molecule has 0 aliphatic heterocycles. The van der Waals surface area contributed by atoms with Gasteiger partial charge in [0, 0.05) is 18.0 Å². The minimum absolute atomic E-state index is 0.172.